The van der Waals surface area contributed by atoms with E-state index in [2.05, 4.69) is 0 Å². The van der Waals surface area contributed by atoms with Gasteiger partial charge in [-0.25, -0.2) is 0 Å². The Kier molecular flexibility index (Phi) is 4.38. The molecule has 20 heavy (non-hydrogen) atoms. The van der Waals surface area contributed by atoms with Gasteiger partial charge >= 0.3 is 5.97 Å². The quantitative estimate of drug-likeness (QED) is 0.877. The molecule has 2 rings (SSSR count). The molecule has 1 atom stereocenters. The highest BCUT2D eigenvalue weighted by molar-refractivity contribution is 5.75. The molecule has 0 bridgehead atoms. The third kappa shape index (κ3) is 2.97. The third-order valence-corrected chi connectivity index (χ3v) is 3.15. The number of carboxylic acid groups (broad SMARTS) is 1. The fourth-order valence-electron chi connectivity index (χ4n) is 2.23. The standard InChI is InChI=1S/C16H17NO3/c1-20-15-9-5-4-8-13(15)11-6-2-3-7-12(11)14(17)10-16(18)19/h2-9,14H,10,17H2,1H3,(H,18,19). The van der Waals surface area contributed by atoms with Crippen LogP contribution in [0.25, 0.3) is 11.1 Å². The molecule has 104 valence electrons. The van der Waals surface area contributed by atoms with Gasteiger partial charge in [-0.15, -0.1) is 0 Å². The highest BCUT2D eigenvalue weighted by Gasteiger charge is 2.16. The number of nitrogens with two attached hydrogens (primary N) is 1. The lowest BCUT2D eigenvalue weighted by Gasteiger charge is -2.16. The predicted molar refractivity (Wildman–Crippen MR) is 77.6 cm³/mol. The number of hydrogen-bond acceptors (Lipinski definition) is 3. The summed E-state index contributed by atoms with van der Waals surface area (Å²) in [5, 5.41) is 8.90. The van der Waals surface area contributed by atoms with Gasteiger partial charge in [-0.2, -0.15) is 0 Å². The number of methoxy groups -OCH3 is 1. The SMILES string of the molecule is COc1ccccc1-c1ccccc1C(N)CC(=O)O. The second-order valence-electron chi connectivity index (χ2n) is 4.49. The highest BCUT2D eigenvalue weighted by Crippen LogP contribution is 2.34. The maximum absolute atomic E-state index is 10.8. The minimum Gasteiger partial charge on any atom is -0.496 e. The molecule has 0 heterocycles. The molecule has 0 aliphatic heterocycles. The molecule has 4 nitrogen and oxygen atoms in total. The van der Waals surface area contributed by atoms with Crippen LogP contribution in [0.1, 0.15) is 18.0 Å². The summed E-state index contributed by atoms with van der Waals surface area (Å²) in [7, 11) is 1.61. The zero-order valence-electron chi connectivity index (χ0n) is 11.2. The Morgan fingerprint density at radius 3 is 2.40 bits per heavy atom. The van der Waals surface area contributed by atoms with Crippen molar-refractivity contribution >= 4 is 5.97 Å². The zero-order chi connectivity index (χ0) is 14.5. The van der Waals surface area contributed by atoms with Crippen LogP contribution in [-0.4, -0.2) is 18.2 Å². The van der Waals surface area contributed by atoms with Crippen molar-refractivity contribution in [3.63, 3.8) is 0 Å². The van der Waals surface area contributed by atoms with Crippen LogP contribution in [0.15, 0.2) is 48.5 Å². The van der Waals surface area contributed by atoms with Gasteiger partial charge in [0.1, 0.15) is 5.75 Å². The first-order valence-corrected chi connectivity index (χ1v) is 6.33. The molecule has 0 aliphatic carbocycles. The van der Waals surface area contributed by atoms with E-state index in [-0.39, 0.29) is 6.42 Å². The van der Waals surface area contributed by atoms with Gasteiger partial charge in [0.05, 0.1) is 13.5 Å². The highest BCUT2D eigenvalue weighted by atomic mass is 16.5. The van der Waals surface area contributed by atoms with Crippen LogP contribution in [0.2, 0.25) is 0 Å². The van der Waals surface area contributed by atoms with E-state index in [0.717, 1.165) is 22.4 Å². The second kappa shape index (κ2) is 6.21. The van der Waals surface area contributed by atoms with Gasteiger partial charge in [0, 0.05) is 11.6 Å². The van der Waals surface area contributed by atoms with Crippen molar-refractivity contribution in [2.75, 3.05) is 7.11 Å². The number of hydrogen-bond donors (Lipinski definition) is 2. The van der Waals surface area contributed by atoms with E-state index < -0.39 is 12.0 Å². The number of carboxylic acids is 1. The van der Waals surface area contributed by atoms with Crippen molar-refractivity contribution in [1.29, 1.82) is 0 Å². The Morgan fingerprint density at radius 1 is 1.15 bits per heavy atom. The molecule has 0 radical (unpaired) electrons. The molecule has 0 aromatic heterocycles. The van der Waals surface area contributed by atoms with Crippen LogP contribution < -0.4 is 10.5 Å². The van der Waals surface area contributed by atoms with E-state index >= 15 is 0 Å². The van der Waals surface area contributed by atoms with E-state index in [1.54, 1.807) is 7.11 Å². The largest absolute Gasteiger partial charge is 0.496 e. The summed E-state index contributed by atoms with van der Waals surface area (Å²) in [4.78, 5) is 10.8. The zero-order valence-corrected chi connectivity index (χ0v) is 11.2. The van der Waals surface area contributed by atoms with Crippen molar-refractivity contribution in [2.45, 2.75) is 12.5 Å². The van der Waals surface area contributed by atoms with Crippen molar-refractivity contribution in [2.24, 2.45) is 5.73 Å². The summed E-state index contributed by atoms with van der Waals surface area (Å²) in [6.07, 6.45) is -0.105. The number of rotatable bonds is 5. The van der Waals surface area contributed by atoms with Crippen LogP contribution in [0, 0.1) is 0 Å². The summed E-state index contributed by atoms with van der Waals surface area (Å²) < 4.78 is 5.36. The minimum absolute atomic E-state index is 0.105. The average Bonchev–Trinajstić information content (AvgIpc) is 2.46. The average molecular weight is 271 g/mol. The molecule has 1 unspecified atom stereocenters. The molecule has 3 N–H and O–H groups in total. The molecule has 2 aromatic rings. The number of carbonyl (C=O) groups is 1. The van der Waals surface area contributed by atoms with Crippen molar-refractivity contribution in [3.8, 4) is 16.9 Å². The van der Waals surface area contributed by atoms with Gasteiger partial charge in [-0.05, 0) is 17.2 Å². The van der Waals surface area contributed by atoms with Gasteiger partial charge < -0.3 is 15.6 Å². The van der Waals surface area contributed by atoms with E-state index in [4.69, 9.17) is 15.6 Å². The lowest BCUT2D eigenvalue weighted by molar-refractivity contribution is -0.137. The first-order valence-electron chi connectivity index (χ1n) is 6.33. The topological polar surface area (TPSA) is 72.5 Å². The Balaban J connectivity index is 2.49. The minimum atomic E-state index is -0.910. The molecular weight excluding hydrogens is 254 g/mol. The Morgan fingerprint density at radius 2 is 1.75 bits per heavy atom. The van der Waals surface area contributed by atoms with E-state index in [9.17, 15) is 4.79 Å². The lowest BCUT2D eigenvalue weighted by atomic mass is 9.93. The smallest absolute Gasteiger partial charge is 0.305 e. The molecule has 0 spiro atoms. The van der Waals surface area contributed by atoms with Gasteiger partial charge in [0.25, 0.3) is 0 Å². The third-order valence-electron chi connectivity index (χ3n) is 3.15. The van der Waals surface area contributed by atoms with Crippen LogP contribution in [-0.2, 0) is 4.79 Å². The van der Waals surface area contributed by atoms with Gasteiger partial charge in [-0.1, -0.05) is 42.5 Å². The number of ether oxygens (including phenoxy) is 1. The molecule has 0 fully saturated rings. The monoisotopic (exact) mass is 271 g/mol. The second-order valence-corrected chi connectivity index (χ2v) is 4.49. The molecular formula is C16H17NO3. The Labute approximate surface area is 117 Å². The Bertz CT molecular complexity index is 610. The molecule has 0 aliphatic rings. The van der Waals surface area contributed by atoms with E-state index in [1.807, 2.05) is 48.5 Å². The van der Waals surface area contributed by atoms with Crippen molar-refractivity contribution in [3.05, 3.63) is 54.1 Å². The van der Waals surface area contributed by atoms with Crippen LogP contribution in [0.5, 0.6) is 5.75 Å². The van der Waals surface area contributed by atoms with E-state index in [1.165, 1.54) is 0 Å². The number of aliphatic carboxylic acids is 1. The summed E-state index contributed by atoms with van der Waals surface area (Å²) in [6.45, 7) is 0. The molecule has 0 saturated carbocycles. The van der Waals surface area contributed by atoms with Crippen LogP contribution in [0.4, 0.5) is 0 Å². The van der Waals surface area contributed by atoms with Crippen molar-refractivity contribution in [1.82, 2.24) is 0 Å². The summed E-state index contributed by atoms with van der Waals surface area (Å²) in [5.41, 5.74) is 8.62. The summed E-state index contributed by atoms with van der Waals surface area (Å²) in [6, 6.07) is 14.6. The molecule has 2 aromatic carbocycles. The van der Waals surface area contributed by atoms with Crippen LogP contribution >= 0.6 is 0 Å². The first kappa shape index (κ1) is 14.1. The summed E-state index contributed by atoms with van der Waals surface area (Å²) in [5.74, 6) is -0.171. The maximum atomic E-state index is 10.8. The Hall–Kier alpha value is -2.33. The first-order chi connectivity index (χ1) is 9.63. The normalized spacial score (nSPS) is 11.9. The van der Waals surface area contributed by atoms with Crippen LogP contribution in [0.3, 0.4) is 0 Å². The molecule has 0 saturated heterocycles. The van der Waals surface area contributed by atoms with E-state index in [0.29, 0.717) is 0 Å². The van der Waals surface area contributed by atoms with Gasteiger partial charge in [-0.3, -0.25) is 4.79 Å². The fraction of sp³-hybridized carbons (Fsp3) is 0.188. The van der Waals surface area contributed by atoms with Gasteiger partial charge in [0.2, 0.25) is 0 Å². The predicted octanol–water partition coefficient (Wildman–Crippen LogP) is 2.84. The van der Waals surface area contributed by atoms with Gasteiger partial charge in [0.15, 0.2) is 0 Å². The maximum Gasteiger partial charge on any atom is 0.305 e. The molecule has 4 heteroatoms. The molecule has 0 amide bonds. The summed E-state index contributed by atoms with van der Waals surface area (Å²) >= 11 is 0. The van der Waals surface area contributed by atoms with Crippen molar-refractivity contribution < 1.29 is 14.6 Å². The number of para-hydroxylation sites is 1. The lowest BCUT2D eigenvalue weighted by Crippen LogP contribution is -2.15. The number of benzene rings is 2. The fourth-order valence-corrected chi connectivity index (χ4v) is 2.23.